The lowest BCUT2D eigenvalue weighted by molar-refractivity contribution is -0.116. The number of amides is 1. The summed E-state index contributed by atoms with van der Waals surface area (Å²) < 4.78 is 5.15. The van der Waals surface area contributed by atoms with E-state index in [-0.39, 0.29) is 5.91 Å². The van der Waals surface area contributed by atoms with Gasteiger partial charge in [-0.25, -0.2) is 0 Å². The minimum Gasteiger partial charge on any atom is -0.497 e. The first-order chi connectivity index (χ1) is 12.1. The van der Waals surface area contributed by atoms with Crippen molar-refractivity contribution < 1.29 is 9.53 Å². The number of carbonyl (C=O) groups excluding carboxylic acids is 1. The van der Waals surface area contributed by atoms with Gasteiger partial charge in [0.15, 0.2) is 5.17 Å². The fourth-order valence-electron chi connectivity index (χ4n) is 2.14. The second kappa shape index (κ2) is 7.89. The minimum atomic E-state index is -0.0562. The van der Waals surface area contributed by atoms with Gasteiger partial charge in [0, 0.05) is 12.6 Å². The van der Waals surface area contributed by atoms with Crippen LogP contribution in [0.25, 0.3) is 0 Å². The number of aromatic nitrogens is 2. The van der Waals surface area contributed by atoms with Gasteiger partial charge >= 0.3 is 0 Å². The molecule has 128 valence electrons. The molecule has 0 radical (unpaired) electrons. The van der Waals surface area contributed by atoms with Crippen molar-refractivity contribution in [2.24, 2.45) is 10.2 Å². The minimum absolute atomic E-state index is 0.0562. The Morgan fingerprint density at radius 1 is 1.28 bits per heavy atom. The molecule has 2 heterocycles. The summed E-state index contributed by atoms with van der Waals surface area (Å²) in [7, 11) is 1.65. The summed E-state index contributed by atoms with van der Waals surface area (Å²) >= 11 is 1.33. The van der Waals surface area contributed by atoms with E-state index in [9.17, 15) is 4.79 Å². The molecular weight excluding hydrogens is 338 g/mol. The van der Waals surface area contributed by atoms with Crippen LogP contribution in [0, 0.1) is 0 Å². The maximum absolute atomic E-state index is 11.1. The molecule has 0 aliphatic carbocycles. The molecule has 0 bridgehead atoms. The number of amidine groups is 1. The smallest absolute Gasteiger partial charge is 0.236 e. The molecule has 1 amide bonds. The van der Waals surface area contributed by atoms with Crippen LogP contribution in [-0.4, -0.2) is 39.6 Å². The standard InChI is InChI=1S/C17H17N5O2S/c1-11(21-22-17-20-16(23)10-25-17)15-9-18-13(8-19-15)7-12-3-5-14(24-2)6-4-12/h3-6,8-9H,7,10H2,1-2H3,(H,20,22,23)/b21-11+. The lowest BCUT2D eigenvalue weighted by Gasteiger charge is -2.04. The topological polar surface area (TPSA) is 88.8 Å². The normalized spacial score (nSPS) is 16.2. The van der Waals surface area contributed by atoms with Gasteiger partial charge in [-0.05, 0) is 24.6 Å². The van der Waals surface area contributed by atoms with Crippen LogP contribution >= 0.6 is 11.8 Å². The molecular formula is C17H17N5O2S. The Kier molecular flexibility index (Phi) is 5.39. The van der Waals surface area contributed by atoms with E-state index in [4.69, 9.17) is 4.74 Å². The lowest BCUT2D eigenvalue weighted by Crippen LogP contribution is -2.19. The Morgan fingerprint density at radius 3 is 2.68 bits per heavy atom. The number of rotatable bonds is 5. The molecule has 1 fully saturated rings. The molecule has 1 N–H and O–H groups in total. The van der Waals surface area contributed by atoms with Crippen LogP contribution < -0.4 is 10.1 Å². The average molecular weight is 355 g/mol. The van der Waals surface area contributed by atoms with Gasteiger partial charge in [-0.2, -0.15) is 5.10 Å². The van der Waals surface area contributed by atoms with Gasteiger partial charge in [-0.3, -0.25) is 14.8 Å². The van der Waals surface area contributed by atoms with E-state index in [2.05, 4.69) is 25.5 Å². The number of methoxy groups -OCH3 is 1. The zero-order valence-electron chi connectivity index (χ0n) is 13.9. The highest BCUT2D eigenvalue weighted by molar-refractivity contribution is 8.15. The zero-order valence-corrected chi connectivity index (χ0v) is 14.7. The highest BCUT2D eigenvalue weighted by atomic mass is 32.2. The van der Waals surface area contributed by atoms with Gasteiger partial charge in [0.05, 0.1) is 30.5 Å². The van der Waals surface area contributed by atoms with Crippen LogP contribution in [0.4, 0.5) is 0 Å². The van der Waals surface area contributed by atoms with Gasteiger partial charge in [-0.15, -0.1) is 5.10 Å². The van der Waals surface area contributed by atoms with E-state index in [0.29, 0.717) is 28.7 Å². The molecule has 2 aromatic rings. The fraction of sp³-hybridized carbons (Fsp3) is 0.235. The molecule has 0 atom stereocenters. The maximum Gasteiger partial charge on any atom is 0.236 e. The maximum atomic E-state index is 11.1. The van der Waals surface area contributed by atoms with E-state index in [1.165, 1.54) is 11.8 Å². The SMILES string of the molecule is COc1ccc(Cc2cnc(/C(C)=N/N=C3/NC(=O)CS3)cn2)cc1. The number of carbonyl (C=O) groups is 1. The lowest BCUT2D eigenvalue weighted by atomic mass is 10.1. The molecule has 7 nitrogen and oxygen atoms in total. The second-order valence-corrected chi connectivity index (χ2v) is 6.31. The Bertz CT molecular complexity index is 816. The quantitative estimate of drug-likeness (QED) is 0.655. The van der Waals surface area contributed by atoms with Crippen LogP contribution in [0.5, 0.6) is 5.75 Å². The third kappa shape index (κ3) is 4.63. The first-order valence-electron chi connectivity index (χ1n) is 7.63. The Labute approximate surface area is 149 Å². The number of nitrogens with one attached hydrogen (secondary N) is 1. The van der Waals surface area contributed by atoms with Crippen LogP contribution in [-0.2, 0) is 11.2 Å². The fourth-order valence-corrected chi connectivity index (χ4v) is 2.76. The Morgan fingerprint density at radius 2 is 2.08 bits per heavy atom. The van der Waals surface area contributed by atoms with Gasteiger partial charge in [-0.1, -0.05) is 23.9 Å². The van der Waals surface area contributed by atoms with Crippen LogP contribution in [0.2, 0.25) is 0 Å². The van der Waals surface area contributed by atoms with Gasteiger partial charge in [0.2, 0.25) is 5.91 Å². The van der Waals surface area contributed by atoms with E-state index < -0.39 is 0 Å². The molecule has 1 aliphatic heterocycles. The number of ether oxygens (including phenoxy) is 1. The van der Waals surface area contributed by atoms with E-state index >= 15 is 0 Å². The molecule has 3 rings (SSSR count). The molecule has 1 aromatic heterocycles. The molecule has 25 heavy (non-hydrogen) atoms. The predicted octanol–water partition coefficient (Wildman–Crippen LogP) is 2.02. The van der Waals surface area contributed by atoms with Crippen molar-refractivity contribution in [3.05, 3.63) is 53.6 Å². The summed E-state index contributed by atoms with van der Waals surface area (Å²) in [6.45, 7) is 1.80. The predicted molar refractivity (Wildman–Crippen MR) is 98.1 cm³/mol. The third-order valence-electron chi connectivity index (χ3n) is 3.50. The van der Waals surface area contributed by atoms with Crippen LogP contribution in [0.15, 0.2) is 46.9 Å². The largest absolute Gasteiger partial charge is 0.497 e. The Hall–Kier alpha value is -2.74. The van der Waals surface area contributed by atoms with Gasteiger partial charge in [0.1, 0.15) is 11.4 Å². The monoisotopic (exact) mass is 355 g/mol. The summed E-state index contributed by atoms with van der Waals surface area (Å²) in [4.78, 5) is 19.9. The molecule has 1 saturated heterocycles. The highest BCUT2D eigenvalue weighted by Gasteiger charge is 2.16. The molecule has 1 aromatic carbocycles. The van der Waals surface area contributed by atoms with E-state index in [1.54, 1.807) is 26.4 Å². The number of nitrogens with zero attached hydrogens (tertiary/aromatic N) is 4. The van der Waals surface area contributed by atoms with Crippen molar-refractivity contribution in [3.63, 3.8) is 0 Å². The van der Waals surface area contributed by atoms with Crippen molar-refractivity contribution in [2.45, 2.75) is 13.3 Å². The Balaban J connectivity index is 1.65. The van der Waals surface area contributed by atoms with Crippen LogP contribution in [0.3, 0.4) is 0 Å². The van der Waals surface area contributed by atoms with Crippen molar-refractivity contribution in [1.82, 2.24) is 15.3 Å². The summed E-state index contributed by atoms with van der Waals surface area (Å²) in [6.07, 6.45) is 4.11. The highest BCUT2D eigenvalue weighted by Crippen LogP contribution is 2.14. The van der Waals surface area contributed by atoms with Crippen molar-refractivity contribution in [1.29, 1.82) is 0 Å². The zero-order chi connectivity index (χ0) is 17.6. The number of thioether (sulfide) groups is 1. The molecule has 1 aliphatic rings. The molecule has 0 spiro atoms. The first kappa shape index (κ1) is 17.1. The summed E-state index contributed by atoms with van der Waals surface area (Å²) in [5, 5.41) is 11.2. The number of benzene rings is 1. The average Bonchev–Trinajstić information content (AvgIpc) is 3.06. The molecule has 0 saturated carbocycles. The van der Waals surface area contributed by atoms with Crippen molar-refractivity contribution in [3.8, 4) is 5.75 Å². The molecule has 0 unspecified atom stereocenters. The summed E-state index contributed by atoms with van der Waals surface area (Å²) in [6, 6.07) is 7.86. The first-order valence-corrected chi connectivity index (χ1v) is 8.62. The number of hydrogen-bond acceptors (Lipinski definition) is 7. The van der Waals surface area contributed by atoms with E-state index in [1.807, 2.05) is 24.3 Å². The summed E-state index contributed by atoms with van der Waals surface area (Å²) in [5.74, 6) is 1.15. The number of hydrogen-bond donors (Lipinski definition) is 1. The van der Waals surface area contributed by atoms with Gasteiger partial charge < -0.3 is 10.1 Å². The van der Waals surface area contributed by atoms with Crippen molar-refractivity contribution in [2.75, 3.05) is 12.9 Å². The van der Waals surface area contributed by atoms with Gasteiger partial charge in [0.25, 0.3) is 0 Å². The summed E-state index contributed by atoms with van der Waals surface area (Å²) in [5.41, 5.74) is 3.29. The van der Waals surface area contributed by atoms with E-state index in [0.717, 1.165) is 17.0 Å². The molecule has 8 heteroatoms. The van der Waals surface area contributed by atoms with Crippen LogP contribution in [0.1, 0.15) is 23.9 Å². The third-order valence-corrected chi connectivity index (χ3v) is 4.36. The second-order valence-electron chi connectivity index (χ2n) is 5.35. The van der Waals surface area contributed by atoms with Crippen molar-refractivity contribution >= 4 is 28.5 Å².